The minimum absolute atomic E-state index is 0.187. The van der Waals surface area contributed by atoms with E-state index >= 15 is 0 Å². The molecule has 0 saturated carbocycles. The first-order chi connectivity index (χ1) is 10.3. The van der Waals surface area contributed by atoms with Crippen LogP contribution >= 0.6 is 11.3 Å². The zero-order chi connectivity index (χ0) is 14.7. The largest absolute Gasteiger partial charge is 0.288 e. The summed E-state index contributed by atoms with van der Waals surface area (Å²) in [6, 6.07) is 11.0. The number of hydrogen-bond donors (Lipinski definition) is 0. The van der Waals surface area contributed by atoms with Gasteiger partial charge in [0, 0.05) is 17.3 Å². The van der Waals surface area contributed by atoms with E-state index in [9.17, 15) is 5.26 Å². The van der Waals surface area contributed by atoms with Gasteiger partial charge in [-0.15, -0.1) is 11.3 Å². The van der Waals surface area contributed by atoms with Gasteiger partial charge in [-0.2, -0.15) is 5.26 Å². The molecule has 0 bridgehead atoms. The summed E-state index contributed by atoms with van der Waals surface area (Å²) in [5, 5.41) is 12.2. The molecule has 2 atom stereocenters. The second-order valence-electron chi connectivity index (χ2n) is 5.34. The van der Waals surface area contributed by atoms with E-state index in [4.69, 9.17) is 4.99 Å². The maximum absolute atomic E-state index is 9.34. The number of rotatable bonds is 3. The number of fused-ring (bicyclic) bond motifs is 1. The number of aliphatic imine (C=N–C) groups is 1. The second kappa shape index (κ2) is 6.19. The molecule has 0 spiro atoms. The van der Waals surface area contributed by atoms with E-state index in [2.05, 4.69) is 35.3 Å². The molecule has 0 amide bonds. The fraction of sp³-hybridized carbons (Fsp3) is 0.353. The average molecular weight is 295 g/mol. The summed E-state index contributed by atoms with van der Waals surface area (Å²) in [5.41, 5.74) is 3.67. The van der Waals surface area contributed by atoms with Crippen molar-refractivity contribution in [1.82, 2.24) is 4.98 Å². The molecular formula is C17H17N3S. The number of nitriles is 1. The number of thiazole rings is 1. The molecule has 1 aliphatic rings. The van der Waals surface area contributed by atoms with Gasteiger partial charge in [-0.05, 0) is 37.3 Å². The van der Waals surface area contributed by atoms with E-state index in [1.165, 1.54) is 22.5 Å². The van der Waals surface area contributed by atoms with Crippen molar-refractivity contribution in [3.8, 4) is 6.07 Å². The van der Waals surface area contributed by atoms with Crippen LogP contribution in [0, 0.1) is 18.3 Å². The van der Waals surface area contributed by atoms with Crippen molar-refractivity contribution in [2.24, 2.45) is 4.99 Å². The predicted molar refractivity (Wildman–Crippen MR) is 85.8 cm³/mol. The Hall–Kier alpha value is -1.99. The van der Waals surface area contributed by atoms with Gasteiger partial charge < -0.3 is 0 Å². The van der Waals surface area contributed by atoms with Crippen molar-refractivity contribution < 1.29 is 0 Å². The van der Waals surface area contributed by atoms with Gasteiger partial charge in [-0.1, -0.05) is 24.3 Å². The summed E-state index contributed by atoms with van der Waals surface area (Å²) >= 11 is 1.53. The molecule has 4 heteroatoms. The molecule has 1 aliphatic carbocycles. The molecule has 21 heavy (non-hydrogen) atoms. The fourth-order valence-electron chi connectivity index (χ4n) is 2.74. The molecule has 3 nitrogen and oxygen atoms in total. The van der Waals surface area contributed by atoms with Crippen molar-refractivity contribution in [1.29, 1.82) is 5.26 Å². The van der Waals surface area contributed by atoms with Gasteiger partial charge in [-0.25, -0.2) is 4.98 Å². The lowest BCUT2D eigenvalue weighted by molar-refractivity contribution is 0.573. The third kappa shape index (κ3) is 3.03. The minimum Gasteiger partial charge on any atom is -0.288 e. The van der Waals surface area contributed by atoms with Crippen molar-refractivity contribution in [2.45, 2.75) is 38.1 Å². The predicted octanol–water partition coefficient (Wildman–Crippen LogP) is 4.21. The van der Waals surface area contributed by atoms with Crippen LogP contribution in [0.25, 0.3) is 0 Å². The van der Waals surface area contributed by atoms with Crippen LogP contribution in [0.2, 0.25) is 0 Å². The molecule has 2 aromatic rings. The lowest BCUT2D eigenvalue weighted by Gasteiger charge is -2.22. The zero-order valence-corrected chi connectivity index (χ0v) is 12.8. The summed E-state index contributed by atoms with van der Waals surface area (Å²) in [5.74, 6) is -0.335. The van der Waals surface area contributed by atoms with Crippen LogP contribution < -0.4 is 0 Å². The van der Waals surface area contributed by atoms with Gasteiger partial charge in [0.1, 0.15) is 10.9 Å². The summed E-state index contributed by atoms with van der Waals surface area (Å²) in [6.07, 6.45) is 5.13. The number of benzene rings is 1. The van der Waals surface area contributed by atoms with E-state index < -0.39 is 0 Å². The Balaban J connectivity index is 1.82. The fourth-order valence-corrected chi connectivity index (χ4v) is 3.54. The Morgan fingerprint density at radius 1 is 1.48 bits per heavy atom. The summed E-state index contributed by atoms with van der Waals surface area (Å²) in [6.45, 7) is 1.95. The molecule has 0 unspecified atom stereocenters. The molecule has 0 N–H and O–H groups in total. The number of hydrogen-bond acceptors (Lipinski definition) is 4. The summed E-state index contributed by atoms with van der Waals surface area (Å²) < 4.78 is 0. The van der Waals surface area contributed by atoms with Gasteiger partial charge in [-0.3, -0.25) is 4.99 Å². The molecule has 0 aliphatic heterocycles. The molecular weight excluding hydrogens is 278 g/mol. The molecule has 1 aromatic heterocycles. The van der Waals surface area contributed by atoms with Crippen LogP contribution in [0.5, 0.6) is 0 Å². The van der Waals surface area contributed by atoms with Gasteiger partial charge in [0.2, 0.25) is 0 Å². The standard InChI is InChI=1S/C17H17N3S/c1-12-11-21-17(20-12)14(9-18)10-19-16-8-4-6-13-5-2-3-7-15(13)16/h2-3,5,7,10-11,14,16H,4,6,8H2,1H3/t14-,16+/m1/s1. The van der Waals surface area contributed by atoms with E-state index in [1.54, 1.807) is 6.21 Å². The summed E-state index contributed by atoms with van der Waals surface area (Å²) in [7, 11) is 0. The first-order valence-corrected chi connectivity index (χ1v) is 8.08. The zero-order valence-electron chi connectivity index (χ0n) is 12.0. The van der Waals surface area contributed by atoms with Crippen molar-refractivity contribution in [2.75, 3.05) is 0 Å². The first kappa shape index (κ1) is 14.0. The van der Waals surface area contributed by atoms with Crippen LogP contribution in [-0.2, 0) is 6.42 Å². The third-order valence-corrected chi connectivity index (χ3v) is 4.84. The van der Waals surface area contributed by atoms with E-state index in [0.717, 1.165) is 30.0 Å². The van der Waals surface area contributed by atoms with Gasteiger partial charge in [0.15, 0.2) is 0 Å². The molecule has 0 fully saturated rings. The number of aryl methyl sites for hydroxylation is 2. The third-order valence-electron chi connectivity index (χ3n) is 3.79. The Kier molecular flexibility index (Phi) is 4.12. The van der Waals surface area contributed by atoms with Crippen LogP contribution in [0.1, 0.15) is 46.6 Å². The summed E-state index contributed by atoms with van der Waals surface area (Å²) in [4.78, 5) is 9.10. The first-order valence-electron chi connectivity index (χ1n) is 7.20. The van der Waals surface area contributed by atoms with Crippen molar-refractivity contribution >= 4 is 17.6 Å². The second-order valence-corrected chi connectivity index (χ2v) is 6.23. The Morgan fingerprint density at radius 2 is 2.33 bits per heavy atom. The number of nitrogens with zero attached hydrogens (tertiary/aromatic N) is 3. The van der Waals surface area contributed by atoms with E-state index in [1.807, 2.05) is 12.3 Å². The maximum Gasteiger partial charge on any atom is 0.133 e. The van der Waals surface area contributed by atoms with Crippen LogP contribution in [0.15, 0.2) is 34.6 Å². The topological polar surface area (TPSA) is 49.0 Å². The Morgan fingerprint density at radius 3 is 3.10 bits per heavy atom. The Labute approximate surface area is 129 Å². The maximum atomic E-state index is 9.34. The lowest BCUT2D eigenvalue weighted by atomic mass is 9.88. The quantitative estimate of drug-likeness (QED) is 0.796. The van der Waals surface area contributed by atoms with Gasteiger partial charge >= 0.3 is 0 Å². The molecule has 106 valence electrons. The van der Waals surface area contributed by atoms with Crippen LogP contribution in [0.3, 0.4) is 0 Å². The highest BCUT2D eigenvalue weighted by atomic mass is 32.1. The van der Waals surface area contributed by atoms with Gasteiger partial charge in [0.25, 0.3) is 0 Å². The van der Waals surface area contributed by atoms with E-state index in [-0.39, 0.29) is 12.0 Å². The molecule has 0 saturated heterocycles. The Bertz CT molecular complexity index is 696. The monoisotopic (exact) mass is 295 g/mol. The van der Waals surface area contributed by atoms with Crippen LogP contribution in [0.4, 0.5) is 0 Å². The normalized spacial score (nSPS) is 19.1. The molecule has 0 radical (unpaired) electrons. The minimum atomic E-state index is -0.335. The smallest absolute Gasteiger partial charge is 0.133 e. The average Bonchev–Trinajstić information content (AvgIpc) is 2.94. The van der Waals surface area contributed by atoms with Crippen molar-refractivity contribution in [3.05, 3.63) is 51.5 Å². The highest BCUT2D eigenvalue weighted by Gasteiger charge is 2.19. The molecule has 1 aromatic carbocycles. The molecule has 1 heterocycles. The number of aromatic nitrogens is 1. The molecule has 3 rings (SSSR count). The highest BCUT2D eigenvalue weighted by Crippen LogP contribution is 2.32. The van der Waals surface area contributed by atoms with Gasteiger partial charge in [0.05, 0.1) is 12.1 Å². The lowest BCUT2D eigenvalue weighted by Crippen LogP contribution is -2.09. The SMILES string of the molecule is Cc1csc([C@H](C#N)C=N[C@H]2CCCc3ccccc32)n1. The van der Waals surface area contributed by atoms with Crippen LogP contribution in [-0.4, -0.2) is 11.2 Å². The highest BCUT2D eigenvalue weighted by molar-refractivity contribution is 7.09. The van der Waals surface area contributed by atoms with Crippen molar-refractivity contribution in [3.63, 3.8) is 0 Å². The van der Waals surface area contributed by atoms with E-state index in [0.29, 0.717) is 0 Å².